The summed E-state index contributed by atoms with van der Waals surface area (Å²) in [5.41, 5.74) is 6.42. The Hall–Kier alpha value is -4.24. The smallest absolute Gasteiger partial charge is 0.382 e. The molecule has 4 aromatic rings. The van der Waals surface area contributed by atoms with Crippen molar-refractivity contribution in [3.63, 3.8) is 0 Å². The van der Waals surface area contributed by atoms with Crippen molar-refractivity contribution >= 4 is 32.8 Å². The van der Waals surface area contributed by atoms with E-state index in [0.29, 0.717) is 11.3 Å². The predicted molar refractivity (Wildman–Crippen MR) is 145 cm³/mol. The molecule has 0 bridgehead atoms. The monoisotopic (exact) mass is 589 g/mol. The fourth-order valence-corrected chi connectivity index (χ4v) is 5.69. The first kappa shape index (κ1) is 28.3. The van der Waals surface area contributed by atoms with Crippen LogP contribution in [0, 0.1) is 0 Å². The molecule has 0 spiro atoms. The average molecular weight is 590 g/mol. The number of benzene rings is 1. The molecule has 4 heterocycles. The maximum Gasteiger partial charge on any atom is 0.408 e. The first-order valence-electron chi connectivity index (χ1n) is 12.3. The van der Waals surface area contributed by atoms with E-state index in [9.17, 15) is 26.4 Å². The number of aromatic nitrogens is 5. The highest BCUT2D eigenvalue weighted by Gasteiger charge is 2.43. The number of fused-ring (bicyclic) bond motifs is 1. The van der Waals surface area contributed by atoms with E-state index in [0.717, 1.165) is 10.9 Å². The van der Waals surface area contributed by atoms with Crippen LogP contribution in [0.2, 0.25) is 0 Å². The summed E-state index contributed by atoms with van der Waals surface area (Å²) in [6.07, 6.45) is 0.426. The molecule has 1 fully saturated rings. The number of sulfone groups is 1. The minimum atomic E-state index is -4.53. The van der Waals surface area contributed by atoms with Crippen molar-refractivity contribution in [3.8, 4) is 22.5 Å². The number of nitrogens with zero attached hydrogens (tertiary/aromatic N) is 6. The molecular weight excluding hydrogens is 563 g/mol. The molecule has 0 radical (unpaired) electrons. The van der Waals surface area contributed by atoms with E-state index in [2.05, 4.69) is 21.8 Å². The van der Waals surface area contributed by atoms with Gasteiger partial charge in [-0.1, -0.05) is 12.1 Å². The molecule has 1 aromatic carbocycles. The molecule has 1 aliphatic heterocycles. The van der Waals surface area contributed by atoms with Crippen LogP contribution in [0.1, 0.15) is 13.8 Å². The molecule has 1 amide bonds. The van der Waals surface area contributed by atoms with Gasteiger partial charge in [-0.15, -0.1) is 6.58 Å². The third kappa shape index (κ3) is 5.06. The highest BCUT2D eigenvalue weighted by Crippen LogP contribution is 2.39. The number of hydrogen-bond acceptors (Lipinski definition) is 8. The Bertz CT molecular complexity index is 1790. The molecule has 0 aliphatic carbocycles. The Balaban J connectivity index is 1.76. The number of nitrogen functional groups attached to an aromatic ring is 1. The lowest BCUT2D eigenvalue weighted by atomic mass is 10.0. The fraction of sp³-hybridized carbons (Fsp3) is 0.308. The predicted octanol–water partition coefficient (Wildman–Crippen LogP) is 3.50. The van der Waals surface area contributed by atoms with Crippen molar-refractivity contribution in [2.45, 2.75) is 43.1 Å². The van der Waals surface area contributed by atoms with Gasteiger partial charge in [0.15, 0.2) is 15.7 Å². The van der Waals surface area contributed by atoms with Crippen molar-refractivity contribution in [1.82, 2.24) is 24.4 Å². The summed E-state index contributed by atoms with van der Waals surface area (Å²) in [7, 11) is -3.82. The van der Waals surface area contributed by atoms with Crippen LogP contribution >= 0.6 is 0 Å². The molecule has 1 atom stereocenters. The molecule has 3 aromatic heterocycles. The van der Waals surface area contributed by atoms with Crippen LogP contribution in [-0.4, -0.2) is 69.4 Å². The van der Waals surface area contributed by atoms with Crippen LogP contribution in [0.5, 0.6) is 0 Å². The van der Waals surface area contributed by atoms with E-state index in [1.807, 2.05) is 0 Å². The van der Waals surface area contributed by atoms with Gasteiger partial charge in [-0.3, -0.25) is 14.4 Å². The Morgan fingerprint density at radius 3 is 2.59 bits per heavy atom. The molecule has 5 rings (SSSR count). The molecule has 1 saturated heterocycles. The summed E-state index contributed by atoms with van der Waals surface area (Å²) in [5.74, 6) is -0.468. The van der Waals surface area contributed by atoms with Crippen molar-refractivity contribution in [2.24, 2.45) is 0 Å². The van der Waals surface area contributed by atoms with E-state index >= 15 is 0 Å². The van der Waals surface area contributed by atoms with Gasteiger partial charge in [-0.2, -0.15) is 23.4 Å². The third-order valence-corrected chi connectivity index (χ3v) is 7.91. The molecule has 11 nitrogen and oxygen atoms in total. The maximum atomic E-state index is 13.5. The van der Waals surface area contributed by atoms with Gasteiger partial charge in [0.1, 0.15) is 24.0 Å². The molecular formula is C26H26F3N7O4S. The zero-order valence-electron chi connectivity index (χ0n) is 22.3. The van der Waals surface area contributed by atoms with Gasteiger partial charge in [0, 0.05) is 23.6 Å². The number of rotatable bonds is 6. The Morgan fingerprint density at radius 1 is 1.20 bits per heavy atom. The Kier molecular flexibility index (Phi) is 6.69. The second-order valence-electron chi connectivity index (χ2n) is 10.1. The molecule has 216 valence electrons. The van der Waals surface area contributed by atoms with Crippen LogP contribution in [0.4, 0.5) is 24.7 Å². The standard InChI is InChI=1S/C26H26F3N7O4S/c1-5-16-12-40-25(2,3)24(37)35(16)20-10-15(6-7-21(20)41(4,38)39)19-11-17(22-23(30)31-14-33-36(19)22)18-8-9-32-34(18)13-26(27,28)29/h5-11,14,16H,1,12-13H2,2-4H3,(H2,30,31,33)/t16-/m0/s1. The van der Waals surface area contributed by atoms with Crippen LogP contribution in [0.25, 0.3) is 28.0 Å². The minimum Gasteiger partial charge on any atom is -0.382 e. The topological polar surface area (TPSA) is 138 Å². The summed E-state index contributed by atoms with van der Waals surface area (Å²) >= 11 is 0. The average Bonchev–Trinajstić information content (AvgIpc) is 3.48. The van der Waals surface area contributed by atoms with Crippen LogP contribution in [-0.2, 0) is 25.9 Å². The van der Waals surface area contributed by atoms with Crippen LogP contribution in [0.15, 0.2) is 60.4 Å². The number of alkyl halides is 3. The lowest BCUT2D eigenvalue weighted by molar-refractivity contribution is -0.146. The number of morpholine rings is 1. The van der Waals surface area contributed by atoms with Gasteiger partial charge in [0.2, 0.25) is 0 Å². The highest BCUT2D eigenvalue weighted by molar-refractivity contribution is 7.90. The van der Waals surface area contributed by atoms with Crippen molar-refractivity contribution in [3.05, 3.63) is 55.5 Å². The van der Waals surface area contributed by atoms with Crippen molar-refractivity contribution in [1.29, 1.82) is 0 Å². The molecule has 15 heteroatoms. The van der Waals surface area contributed by atoms with Gasteiger partial charge in [-0.25, -0.2) is 17.9 Å². The number of hydrogen-bond donors (Lipinski definition) is 1. The zero-order valence-corrected chi connectivity index (χ0v) is 23.1. The van der Waals surface area contributed by atoms with Gasteiger partial charge >= 0.3 is 6.18 Å². The molecule has 41 heavy (non-hydrogen) atoms. The Morgan fingerprint density at radius 2 is 1.93 bits per heavy atom. The number of carbonyl (C=O) groups is 1. The number of nitrogens with two attached hydrogens (primary N) is 1. The number of amides is 1. The summed E-state index contributed by atoms with van der Waals surface area (Å²) < 4.78 is 73.4. The highest BCUT2D eigenvalue weighted by atomic mass is 32.2. The molecule has 0 saturated carbocycles. The van der Waals surface area contributed by atoms with Gasteiger partial charge in [-0.05, 0) is 38.1 Å². The number of carbonyl (C=O) groups excluding carboxylic acids is 1. The number of anilines is 2. The maximum absolute atomic E-state index is 13.5. The lowest BCUT2D eigenvalue weighted by Gasteiger charge is -2.42. The van der Waals surface area contributed by atoms with Crippen LogP contribution < -0.4 is 10.6 Å². The zero-order chi connectivity index (χ0) is 29.9. The van der Waals surface area contributed by atoms with E-state index in [4.69, 9.17) is 10.5 Å². The summed E-state index contributed by atoms with van der Waals surface area (Å²) in [6, 6.07) is 6.73. The first-order chi connectivity index (χ1) is 19.1. The molecule has 1 aliphatic rings. The Labute approximate surface area is 232 Å². The third-order valence-electron chi connectivity index (χ3n) is 6.77. The van der Waals surface area contributed by atoms with E-state index in [-0.39, 0.29) is 39.8 Å². The summed E-state index contributed by atoms with van der Waals surface area (Å²) in [6.45, 7) is 5.71. The largest absolute Gasteiger partial charge is 0.408 e. The van der Waals surface area contributed by atoms with Crippen molar-refractivity contribution < 1.29 is 31.1 Å². The second kappa shape index (κ2) is 9.69. The fourth-order valence-electron chi connectivity index (χ4n) is 4.84. The first-order valence-corrected chi connectivity index (χ1v) is 14.2. The molecule has 0 unspecified atom stereocenters. The summed E-state index contributed by atoms with van der Waals surface area (Å²) in [4.78, 5) is 18.8. The SMILES string of the molecule is C=C[C@H]1COC(C)(C)C(=O)N1c1cc(-c2cc(-c3ccnn3CC(F)(F)F)c3c(N)ncnn23)ccc1S(C)(=O)=O. The minimum absolute atomic E-state index is 0.00539. The van der Waals surface area contributed by atoms with E-state index in [1.165, 1.54) is 52.3 Å². The number of halogens is 3. The molecule has 2 N–H and O–H groups in total. The van der Waals surface area contributed by atoms with Crippen molar-refractivity contribution in [2.75, 3.05) is 23.5 Å². The summed E-state index contributed by atoms with van der Waals surface area (Å²) in [5, 5.41) is 8.10. The van der Waals surface area contributed by atoms with Gasteiger partial charge < -0.3 is 10.5 Å². The quantitative estimate of drug-likeness (QED) is 0.338. The normalized spacial score (nSPS) is 17.8. The second-order valence-corrected chi connectivity index (χ2v) is 12.1. The van der Waals surface area contributed by atoms with Crippen LogP contribution in [0.3, 0.4) is 0 Å². The van der Waals surface area contributed by atoms with E-state index in [1.54, 1.807) is 19.9 Å². The van der Waals surface area contributed by atoms with E-state index < -0.39 is 40.1 Å². The van der Waals surface area contributed by atoms with Gasteiger partial charge in [0.25, 0.3) is 5.91 Å². The van der Waals surface area contributed by atoms with Gasteiger partial charge in [0.05, 0.1) is 34.6 Å². The number of ether oxygens (including phenoxy) is 1. The lowest BCUT2D eigenvalue weighted by Crippen LogP contribution is -2.58.